The Labute approximate surface area is 179 Å². The van der Waals surface area contributed by atoms with E-state index in [0.29, 0.717) is 11.3 Å². The van der Waals surface area contributed by atoms with Gasteiger partial charge in [-0.05, 0) is 81.8 Å². The van der Waals surface area contributed by atoms with E-state index < -0.39 is 0 Å². The van der Waals surface area contributed by atoms with Crippen molar-refractivity contribution in [2.75, 3.05) is 11.9 Å². The summed E-state index contributed by atoms with van der Waals surface area (Å²) < 4.78 is 5.70. The van der Waals surface area contributed by atoms with Gasteiger partial charge in [-0.25, -0.2) is 0 Å². The molecular formula is C25H32N2O3. The molecule has 1 heterocycles. The molecule has 1 aliphatic heterocycles. The molecule has 0 aliphatic carbocycles. The summed E-state index contributed by atoms with van der Waals surface area (Å²) in [6, 6.07) is 13.5. The molecule has 2 aromatic rings. The number of piperidine rings is 1. The second-order valence-corrected chi connectivity index (χ2v) is 8.16. The highest BCUT2D eigenvalue weighted by Gasteiger charge is 2.29. The quantitative estimate of drug-likeness (QED) is 0.733. The lowest BCUT2D eigenvalue weighted by Crippen LogP contribution is -2.49. The SMILES string of the molecule is CCc1cccc(C)c1NC(=O)c1ccc(OCC(=O)N2[C@H](C)CCC[C@@H]2C)cc1. The molecule has 0 spiro atoms. The molecule has 2 amide bonds. The number of amides is 2. The van der Waals surface area contributed by atoms with Gasteiger partial charge in [0, 0.05) is 23.3 Å². The molecule has 160 valence electrons. The zero-order valence-electron chi connectivity index (χ0n) is 18.4. The van der Waals surface area contributed by atoms with Crippen LogP contribution in [0.2, 0.25) is 0 Å². The number of likely N-dealkylation sites (tertiary alicyclic amines) is 1. The molecule has 1 aliphatic rings. The van der Waals surface area contributed by atoms with Crippen molar-refractivity contribution in [2.24, 2.45) is 0 Å². The van der Waals surface area contributed by atoms with Gasteiger partial charge in [0.15, 0.2) is 6.61 Å². The minimum atomic E-state index is -0.155. The molecule has 0 unspecified atom stereocenters. The van der Waals surface area contributed by atoms with Crippen LogP contribution in [-0.2, 0) is 11.2 Å². The maximum atomic E-state index is 12.7. The van der Waals surface area contributed by atoms with Crippen LogP contribution in [0.4, 0.5) is 5.69 Å². The molecule has 0 saturated carbocycles. The largest absolute Gasteiger partial charge is 0.484 e. The molecule has 2 aromatic carbocycles. The van der Waals surface area contributed by atoms with Crippen molar-refractivity contribution < 1.29 is 14.3 Å². The van der Waals surface area contributed by atoms with Crippen molar-refractivity contribution in [3.05, 3.63) is 59.2 Å². The number of carbonyl (C=O) groups excluding carboxylic acids is 2. The second-order valence-electron chi connectivity index (χ2n) is 8.16. The highest BCUT2D eigenvalue weighted by molar-refractivity contribution is 6.05. The summed E-state index contributed by atoms with van der Waals surface area (Å²) in [6.07, 6.45) is 4.10. The van der Waals surface area contributed by atoms with E-state index in [1.807, 2.05) is 30.0 Å². The first-order chi connectivity index (χ1) is 14.4. The van der Waals surface area contributed by atoms with E-state index in [0.717, 1.165) is 36.1 Å². The Bertz CT molecular complexity index is 882. The molecule has 30 heavy (non-hydrogen) atoms. The third-order valence-corrected chi connectivity index (χ3v) is 5.94. The van der Waals surface area contributed by atoms with Crippen molar-refractivity contribution >= 4 is 17.5 Å². The van der Waals surface area contributed by atoms with E-state index in [4.69, 9.17) is 4.74 Å². The van der Waals surface area contributed by atoms with Crippen LogP contribution in [0.5, 0.6) is 5.75 Å². The number of benzene rings is 2. The average molecular weight is 409 g/mol. The average Bonchev–Trinajstić information content (AvgIpc) is 2.74. The van der Waals surface area contributed by atoms with Crippen LogP contribution in [-0.4, -0.2) is 35.4 Å². The Balaban J connectivity index is 1.60. The minimum absolute atomic E-state index is 0.0168. The van der Waals surface area contributed by atoms with Gasteiger partial charge in [-0.15, -0.1) is 0 Å². The van der Waals surface area contributed by atoms with Crippen LogP contribution in [0.25, 0.3) is 0 Å². The van der Waals surface area contributed by atoms with E-state index in [9.17, 15) is 9.59 Å². The maximum Gasteiger partial charge on any atom is 0.260 e. The highest BCUT2D eigenvalue weighted by atomic mass is 16.5. The predicted molar refractivity (Wildman–Crippen MR) is 120 cm³/mol. The molecule has 3 rings (SSSR count). The molecule has 0 aromatic heterocycles. The Morgan fingerprint density at radius 3 is 2.37 bits per heavy atom. The van der Waals surface area contributed by atoms with Crippen LogP contribution in [0, 0.1) is 6.92 Å². The lowest BCUT2D eigenvalue weighted by molar-refractivity contribution is -0.139. The normalized spacial score (nSPS) is 18.7. The molecule has 0 radical (unpaired) electrons. The van der Waals surface area contributed by atoms with E-state index in [2.05, 4.69) is 26.1 Å². The van der Waals surface area contributed by atoms with Crippen LogP contribution < -0.4 is 10.1 Å². The van der Waals surface area contributed by atoms with Gasteiger partial charge in [-0.1, -0.05) is 25.1 Å². The van der Waals surface area contributed by atoms with Gasteiger partial charge in [0.2, 0.25) is 0 Å². The van der Waals surface area contributed by atoms with Crippen molar-refractivity contribution in [2.45, 2.75) is 65.5 Å². The number of carbonyl (C=O) groups is 2. The lowest BCUT2D eigenvalue weighted by Gasteiger charge is -2.38. The fourth-order valence-electron chi connectivity index (χ4n) is 4.22. The fraction of sp³-hybridized carbons (Fsp3) is 0.440. The van der Waals surface area contributed by atoms with Gasteiger partial charge in [-0.3, -0.25) is 9.59 Å². The summed E-state index contributed by atoms with van der Waals surface area (Å²) in [5, 5.41) is 3.03. The molecule has 1 fully saturated rings. The molecule has 5 nitrogen and oxygen atoms in total. The van der Waals surface area contributed by atoms with E-state index >= 15 is 0 Å². The molecule has 0 bridgehead atoms. The molecule has 2 atom stereocenters. The maximum absolute atomic E-state index is 12.7. The number of aryl methyl sites for hydroxylation is 2. The van der Waals surface area contributed by atoms with Crippen molar-refractivity contribution in [3.63, 3.8) is 0 Å². The third kappa shape index (κ3) is 5.02. The first-order valence-corrected chi connectivity index (χ1v) is 10.8. The summed E-state index contributed by atoms with van der Waals surface area (Å²) in [5.41, 5.74) is 3.59. The fourth-order valence-corrected chi connectivity index (χ4v) is 4.22. The monoisotopic (exact) mass is 408 g/mol. The van der Waals surface area contributed by atoms with E-state index in [1.165, 1.54) is 6.42 Å². The number of ether oxygens (including phenoxy) is 1. The summed E-state index contributed by atoms with van der Waals surface area (Å²) in [7, 11) is 0. The number of anilines is 1. The summed E-state index contributed by atoms with van der Waals surface area (Å²) in [4.78, 5) is 27.2. The summed E-state index contributed by atoms with van der Waals surface area (Å²) in [6.45, 7) is 8.28. The van der Waals surface area contributed by atoms with Crippen molar-refractivity contribution in [1.29, 1.82) is 0 Å². The van der Waals surface area contributed by atoms with Crippen LogP contribution >= 0.6 is 0 Å². The first-order valence-electron chi connectivity index (χ1n) is 10.8. The van der Waals surface area contributed by atoms with Gasteiger partial charge in [0.1, 0.15) is 5.75 Å². The highest BCUT2D eigenvalue weighted by Crippen LogP contribution is 2.24. The standard InChI is InChI=1S/C25H32N2O3/c1-5-20-11-6-8-17(2)24(20)26-25(29)21-12-14-22(15-13-21)30-16-23(28)27-18(3)9-7-10-19(27)4/h6,8,11-15,18-19H,5,7,9-10,16H2,1-4H3,(H,26,29)/t18-,19+. The Kier molecular flexibility index (Phi) is 7.14. The topological polar surface area (TPSA) is 58.6 Å². The van der Waals surface area contributed by atoms with Crippen molar-refractivity contribution in [1.82, 2.24) is 4.90 Å². The molecule has 5 heteroatoms. The molecular weight excluding hydrogens is 376 g/mol. The number of nitrogens with zero attached hydrogens (tertiary/aromatic N) is 1. The third-order valence-electron chi connectivity index (χ3n) is 5.94. The Morgan fingerprint density at radius 2 is 1.73 bits per heavy atom. The van der Waals surface area contributed by atoms with E-state index in [1.54, 1.807) is 24.3 Å². The minimum Gasteiger partial charge on any atom is -0.484 e. The number of hydrogen-bond acceptors (Lipinski definition) is 3. The van der Waals surface area contributed by atoms with Crippen LogP contribution in [0.15, 0.2) is 42.5 Å². The number of nitrogens with one attached hydrogen (secondary N) is 1. The Hall–Kier alpha value is -2.82. The lowest BCUT2D eigenvalue weighted by atomic mass is 9.97. The number of rotatable bonds is 6. The van der Waals surface area contributed by atoms with Gasteiger partial charge in [-0.2, -0.15) is 0 Å². The number of hydrogen-bond donors (Lipinski definition) is 1. The summed E-state index contributed by atoms with van der Waals surface area (Å²) in [5.74, 6) is 0.447. The van der Waals surface area contributed by atoms with Crippen LogP contribution in [0.1, 0.15) is 61.5 Å². The van der Waals surface area contributed by atoms with Gasteiger partial charge < -0.3 is 15.0 Å². The molecule has 1 saturated heterocycles. The zero-order valence-corrected chi connectivity index (χ0v) is 18.4. The van der Waals surface area contributed by atoms with Gasteiger partial charge >= 0.3 is 0 Å². The Morgan fingerprint density at radius 1 is 1.07 bits per heavy atom. The predicted octanol–water partition coefficient (Wildman–Crippen LogP) is 4.98. The number of para-hydroxylation sites is 1. The second kappa shape index (κ2) is 9.79. The smallest absolute Gasteiger partial charge is 0.260 e. The van der Waals surface area contributed by atoms with Crippen molar-refractivity contribution in [3.8, 4) is 5.75 Å². The van der Waals surface area contributed by atoms with Gasteiger partial charge in [0.05, 0.1) is 0 Å². The van der Waals surface area contributed by atoms with E-state index in [-0.39, 0.29) is 30.5 Å². The van der Waals surface area contributed by atoms with Crippen LogP contribution in [0.3, 0.4) is 0 Å². The summed E-state index contributed by atoms with van der Waals surface area (Å²) >= 11 is 0. The molecule has 1 N–H and O–H groups in total. The zero-order chi connectivity index (χ0) is 21.7. The van der Waals surface area contributed by atoms with Gasteiger partial charge in [0.25, 0.3) is 11.8 Å². The first kappa shape index (κ1) is 21.9.